The van der Waals surface area contributed by atoms with Crippen molar-refractivity contribution in [2.24, 2.45) is 0 Å². The van der Waals surface area contributed by atoms with Gasteiger partial charge in [-0.3, -0.25) is 4.79 Å². The van der Waals surface area contributed by atoms with Crippen molar-refractivity contribution in [2.45, 2.75) is 33.1 Å². The summed E-state index contributed by atoms with van der Waals surface area (Å²) in [7, 11) is 0. The summed E-state index contributed by atoms with van der Waals surface area (Å²) in [5.74, 6) is 0.531. The van der Waals surface area contributed by atoms with Crippen LogP contribution >= 0.6 is 15.9 Å². The minimum absolute atomic E-state index is 0.000790. The first-order valence-corrected chi connectivity index (χ1v) is 8.65. The van der Waals surface area contributed by atoms with Gasteiger partial charge in [0.25, 0.3) is 0 Å². The number of halogens is 1. The zero-order valence-electron chi connectivity index (χ0n) is 13.8. The second kappa shape index (κ2) is 8.16. The molecule has 3 nitrogen and oxygen atoms in total. The fourth-order valence-electron chi connectivity index (χ4n) is 2.24. The van der Waals surface area contributed by atoms with Crippen LogP contribution in [0.15, 0.2) is 46.9 Å². The SMILES string of the molecule is Cc1ccc(NC(=O)CCNc2ccc(C(C)C)cc2)c(Br)c1. The highest BCUT2D eigenvalue weighted by Gasteiger charge is 2.06. The number of benzene rings is 2. The molecule has 2 N–H and O–H groups in total. The fourth-order valence-corrected chi connectivity index (χ4v) is 2.83. The molecule has 0 bridgehead atoms. The molecule has 0 radical (unpaired) electrons. The Morgan fingerprint density at radius 2 is 1.83 bits per heavy atom. The van der Waals surface area contributed by atoms with E-state index in [1.165, 1.54) is 5.56 Å². The van der Waals surface area contributed by atoms with Gasteiger partial charge in [0.2, 0.25) is 5.91 Å². The predicted octanol–water partition coefficient (Wildman–Crippen LogP) is 5.32. The first kappa shape index (κ1) is 17.5. The average Bonchev–Trinajstić information content (AvgIpc) is 2.50. The van der Waals surface area contributed by atoms with Gasteiger partial charge in [-0.1, -0.05) is 32.0 Å². The van der Waals surface area contributed by atoms with Crippen LogP contribution in [-0.2, 0) is 4.79 Å². The molecule has 0 aromatic heterocycles. The van der Waals surface area contributed by atoms with Crippen LogP contribution in [0.5, 0.6) is 0 Å². The van der Waals surface area contributed by atoms with Gasteiger partial charge in [-0.05, 0) is 64.2 Å². The molecule has 0 unspecified atom stereocenters. The Kier molecular flexibility index (Phi) is 6.22. The molecule has 0 fully saturated rings. The minimum atomic E-state index is 0.000790. The lowest BCUT2D eigenvalue weighted by atomic mass is 10.0. The van der Waals surface area contributed by atoms with Gasteiger partial charge in [0, 0.05) is 23.1 Å². The van der Waals surface area contributed by atoms with Gasteiger partial charge >= 0.3 is 0 Å². The Labute approximate surface area is 146 Å². The van der Waals surface area contributed by atoms with Gasteiger partial charge in [-0.15, -0.1) is 0 Å². The Hall–Kier alpha value is -1.81. The Bertz CT molecular complexity index is 666. The van der Waals surface area contributed by atoms with Gasteiger partial charge in [0.1, 0.15) is 0 Å². The van der Waals surface area contributed by atoms with E-state index in [1.807, 2.05) is 25.1 Å². The maximum absolute atomic E-state index is 12.0. The molecular formula is C19H23BrN2O. The molecule has 0 saturated carbocycles. The molecule has 2 aromatic rings. The van der Waals surface area contributed by atoms with E-state index >= 15 is 0 Å². The maximum atomic E-state index is 12.0. The summed E-state index contributed by atoms with van der Waals surface area (Å²) >= 11 is 3.47. The van der Waals surface area contributed by atoms with Gasteiger partial charge in [-0.2, -0.15) is 0 Å². The van der Waals surface area contributed by atoms with E-state index in [4.69, 9.17) is 0 Å². The lowest BCUT2D eigenvalue weighted by molar-refractivity contribution is -0.115. The summed E-state index contributed by atoms with van der Waals surface area (Å²) in [6.07, 6.45) is 0.423. The van der Waals surface area contributed by atoms with E-state index in [-0.39, 0.29) is 5.91 Å². The van der Waals surface area contributed by atoms with Crippen LogP contribution in [0.25, 0.3) is 0 Å². The molecule has 0 spiro atoms. The number of hydrogen-bond donors (Lipinski definition) is 2. The third kappa shape index (κ3) is 5.39. The fraction of sp³-hybridized carbons (Fsp3) is 0.316. The number of carbonyl (C=O) groups excluding carboxylic acids is 1. The number of hydrogen-bond acceptors (Lipinski definition) is 2. The largest absolute Gasteiger partial charge is 0.385 e. The summed E-state index contributed by atoms with van der Waals surface area (Å²) < 4.78 is 0.906. The molecule has 4 heteroatoms. The van der Waals surface area contributed by atoms with Gasteiger partial charge in [-0.25, -0.2) is 0 Å². The van der Waals surface area contributed by atoms with E-state index in [1.54, 1.807) is 0 Å². The van der Waals surface area contributed by atoms with Gasteiger partial charge < -0.3 is 10.6 Å². The Morgan fingerprint density at radius 1 is 1.13 bits per heavy atom. The first-order chi connectivity index (χ1) is 11.0. The van der Waals surface area contributed by atoms with E-state index in [9.17, 15) is 4.79 Å². The summed E-state index contributed by atoms with van der Waals surface area (Å²) in [6, 6.07) is 14.2. The summed E-state index contributed by atoms with van der Waals surface area (Å²) in [4.78, 5) is 12.0. The lowest BCUT2D eigenvalue weighted by Gasteiger charge is -2.10. The highest BCUT2D eigenvalue weighted by molar-refractivity contribution is 9.10. The normalized spacial score (nSPS) is 10.7. The smallest absolute Gasteiger partial charge is 0.226 e. The van der Waals surface area contributed by atoms with Crippen molar-refractivity contribution < 1.29 is 4.79 Å². The Balaban J connectivity index is 1.80. The molecule has 122 valence electrons. The first-order valence-electron chi connectivity index (χ1n) is 7.85. The molecule has 23 heavy (non-hydrogen) atoms. The minimum Gasteiger partial charge on any atom is -0.385 e. The predicted molar refractivity (Wildman–Crippen MR) is 101 cm³/mol. The van der Waals surface area contributed by atoms with Crippen molar-refractivity contribution in [3.8, 4) is 0 Å². The van der Waals surface area contributed by atoms with Gasteiger partial charge in [0.05, 0.1) is 5.69 Å². The van der Waals surface area contributed by atoms with Crippen molar-refractivity contribution in [2.75, 3.05) is 17.2 Å². The number of amides is 1. The Morgan fingerprint density at radius 3 is 2.43 bits per heavy atom. The van der Waals surface area contributed by atoms with Crippen molar-refractivity contribution in [3.05, 3.63) is 58.1 Å². The molecule has 0 aliphatic heterocycles. The summed E-state index contributed by atoms with van der Waals surface area (Å²) in [6.45, 7) is 6.98. The maximum Gasteiger partial charge on any atom is 0.226 e. The summed E-state index contributed by atoms with van der Waals surface area (Å²) in [5.41, 5.74) is 4.32. The monoisotopic (exact) mass is 374 g/mol. The highest BCUT2D eigenvalue weighted by atomic mass is 79.9. The number of carbonyl (C=O) groups is 1. The summed E-state index contributed by atoms with van der Waals surface area (Å²) in [5, 5.41) is 6.20. The molecule has 0 heterocycles. The third-order valence-corrected chi connectivity index (χ3v) is 4.31. The quantitative estimate of drug-likeness (QED) is 0.717. The van der Waals surface area contributed by atoms with E-state index < -0.39 is 0 Å². The van der Waals surface area contributed by atoms with Crippen molar-refractivity contribution in [3.63, 3.8) is 0 Å². The third-order valence-electron chi connectivity index (χ3n) is 3.66. The second-order valence-electron chi connectivity index (χ2n) is 5.98. The molecule has 2 rings (SSSR count). The van der Waals surface area contributed by atoms with Crippen LogP contribution in [0.1, 0.15) is 37.3 Å². The van der Waals surface area contributed by atoms with Crippen LogP contribution in [0.3, 0.4) is 0 Å². The van der Waals surface area contributed by atoms with E-state index in [2.05, 4.69) is 64.7 Å². The zero-order chi connectivity index (χ0) is 16.8. The van der Waals surface area contributed by atoms with Gasteiger partial charge in [0.15, 0.2) is 0 Å². The number of rotatable bonds is 6. The van der Waals surface area contributed by atoms with Crippen molar-refractivity contribution >= 4 is 33.2 Å². The van der Waals surface area contributed by atoms with Crippen LogP contribution < -0.4 is 10.6 Å². The molecule has 1 amide bonds. The van der Waals surface area contributed by atoms with Crippen LogP contribution in [-0.4, -0.2) is 12.5 Å². The standard InChI is InChI=1S/C19H23BrN2O/c1-13(2)15-5-7-16(8-6-15)21-11-10-19(23)22-18-9-4-14(3)12-17(18)20/h4-9,12-13,21H,10-11H2,1-3H3,(H,22,23). The highest BCUT2D eigenvalue weighted by Crippen LogP contribution is 2.23. The van der Waals surface area contributed by atoms with Crippen molar-refractivity contribution in [1.82, 2.24) is 0 Å². The molecule has 0 atom stereocenters. The number of aryl methyl sites for hydroxylation is 1. The van der Waals surface area contributed by atoms with Crippen LogP contribution in [0.2, 0.25) is 0 Å². The van der Waals surface area contributed by atoms with E-state index in [0.717, 1.165) is 21.4 Å². The topological polar surface area (TPSA) is 41.1 Å². The van der Waals surface area contributed by atoms with Crippen LogP contribution in [0, 0.1) is 6.92 Å². The lowest BCUT2D eigenvalue weighted by Crippen LogP contribution is -2.16. The number of anilines is 2. The molecule has 2 aromatic carbocycles. The molecule has 0 saturated heterocycles. The van der Waals surface area contributed by atoms with E-state index in [0.29, 0.717) is 18.9 Å². The average molecular weight is 375 g/mol. The van der Waals surface area contributed by atoms with Crippen molar-refractivity contribution in [1.29, 1.82) is 0 Å². The zero-order valence-corrected chi connectivity index (χ0v) is 15.4. The second-order valence-corrected chi connectivity index (χ2v) is 6.84. The number of nitrogens with one attached hydrogen (secondary N) is 2. The molecular weight excluding hydrogens is 352 g/mol. The van der Waals surface area contributed by atoms with Crippen LogP contribution in [0.4, 0.5) is 11.4 Å². The molecule has 0 aliphatic rings. The molecule has 0 aliphatic carbocycles.